The second-order valence-corrected chi connectivity index (χ2v) is 8.83. The highest BCUT2D eigenvalue weighted by molar-refractivity contribution is 8.00. The number of thiazole rings is 1. The number of ether oxygens (including phenoxy) is 1. The Labute approximate surface area is 208 Å². The molecule has 1 heterocycles. The average Bonchev–Trinajstić information content (AvgIpc) is 3.17. The van der Waals surface area contributed by atoms with E-state index in [1.54, 1.807) is 19.2 Å². The molecule has 0 saturated heterocycles. The van der Waals surface area contributed by atoms with Crippen molar-refractivity contribution in [2.45, 2.75) is 16.9 Å². The zero-order valence-corrected chi connectivity index (χ0v) is 20.6. The summed E-state index contributed by atoms with van der Waals surface area (Å²) in [5, 5.41) is 2.04. The molecule has 1 aromatic heterocycles. The lowest BCUT2D eigenvalue weighted by Crippen LogP contribution is -3.00. The van der Waals surface area contributed by atoms with E-state index in [1.807, 2.05) is 47.8 Å². The maximum atomic E-state index is 12.6. The van der Waals surface area contributed by atoms with Gasteiger partial charge >= 0.3 is 5.51 Å². The fourth-order valence-electron chi connectivity index (χ4n) is 3.16. The number of hydrogen-bond donors (Lipinski definition) is 0. The molecule has 0 unspecified atom stereocenters. The summed E-state index contributed by atoms with van der Waals surface area (Å²) >= 11 is 1.36. The normalized spacial score (nSPS) is 11.8. The molecule has 3 nitrogen and oxygen atoms in total. The molecule has 0 N–H and O–H groups in total. The number of aromatic nitrogens is 1. The highest BCUT2D eigenvalue weighted by atomic mass is 79.9. The molecule has 3 aromatic carbocycles. The van der Waals surface area contributed by atoms with Gasteiger partial charge in [0.25, 0.3) is 0 Å². The highest BCUT2D eigenvalue weighted by Crippen LogP contribution is 2.37. The van der Waals surface area contributed by atoms with E-state index in [0.29, 0.717) is 12.2 Å². The lowest BCUT2D eigenvalue weighted by atomic mass is 10.1. The van der Waals surface area contributed by atoms with E-state index in [-0.39, 0.29) is 33.6 Å². The molecule has 172 valence electrons. The van der Waals surface area contributed by atoms with Crippen molar-refractivity contribution >= 4 is 28.8 Å². The van der Waals surface area contributed by atoms with Gasteiger partial charge in [-0.15, -0.1) is 11.3 Å². The Hall–Kier alpha value is -2.49. The summed E-state index contributed by atoms with van der Waals surface area (Å²) in [7, 11) is 1.63. The minimum atomic E-state index is -4.31. The molecule has 0 aliphatic heterocycles. The number of hydrogen-bond acceptors (Lipinski definition) is 4. The summed E-state index contributed by atoms with van der Waals surface area (Å²) < 4.78 is 45.1. The molecule has 0 saturated carbocycles. The van der Waals surface area contributed by atoms with E-state index < -0.39 is 5.51 Å². The Morgan fingerprint density at radius 3 is 2.21 bits per heavy atom. The largest absolute Gasteiger partial charge is 1.00 e. The Bertz CT molecular complexity index is 1240. The third kappa shape index (κ3) is 6.75. The first-order chi connectivity index (χ1) is 15.4. The Kier molecular flexibility index (Phi) is 8.45. The molecule has 4 aromatic rings. The van der Waals surface area contributed by atoms with E-state index in [0.717, 1.165) is 27.4 Å². The Balaban J connectivity index is 0.00000306. The number of alkyl halides is 3. The zero-order valence-electron chi connectivity index (χ0n) is 17.4. The molecule has 0 spiro atoms. The van der Waals surface area contributed by atoms with Gasteiger partial charge in [-0.05, 0) is 71.4 Å². The van der Waals surface area contributed by atoms with Crippen molar-refractivity contribution < 1.29 is 34.9 Å². The third-order valence-electron chi connectivity index (χ3n) is 4.66. The van der Waals surface area contributed by atoms with Crippen molar-refractivity contribution in [3.8, 4) is 17.0 Å². The molecule has 0 atom stereocenters. The van der Waals surface area contributed by atoms with Crippen LogP contribution in [0.15, 0.2) is 94.1 Å². The van der Waals surface area contributed by atoms with Crippen molar-refractivity contribution in [2.75, 3.05) is 7.11 Å². The molecular weight excluding hydrogens is 533 g/mol. The summed E-state index contributed by atoms with van der Waals surface area (Å²) in [6.45, 7) is 0.618. The van der Waals surface area contributed by atoms with Gasteiger partial charge in [0.05, 0.1) is 25.0 Å². The van der Waals surface area contributed by atoms with Crippen LogP contribution in [0.3, 0.4) is 0 Å². The van der Waals surface area contributed by atoms with Gasteiger partial charge in [-0.1, -0.05) is 30.3 Å². The quantitative estimate of drug-likeness (QED) is 0.337. The van der Waals surface area contributed by atoms with Crippen LogP contribution in [0.5, 0.6) is 5.75 Å². The van der Waals surface area contributed by atoms with E-state index in [4.69, 9.17) is 9.73 Å². The standard InChI is InChI=1S/C24H19F3N2OS2.BrH/c1-30-20-11-7-18(8-12-20)22-16-31-23(29(22)15-17-5-3-2-4-6-17)28-19-9-13-21(14-10-19)32-24(25,26)27;/h2-14,16H,15H2,1H3;1H/p-1. The van der Waals surface area contributed by atoms with Gasteiger partial charge in [0.1, 0.15) is 5.75 Å². The first kappa shape index (κ1) is 25.1. The minimum absolute atomic E-state index is 0. The van der Waals surface area contributed by atoms with Crippen molar-refractivity contribution in [1.82, 2.24) is 4.57 Å². The molecule has 0 radical (unpaired) electrons. The first-order valence-electron chi connectivity index (χ1n) is 9.68. The first-order valence-corrected chi connectivity index (χ1v) is 11.4. The monoisotopic (exact) mass is 551 g/mol. The Morgan fingerprint density at radius 1 is 0.939 bits per heavy atom. The van der Waals surface area contributed by atoms with Crippen molar-refractivity contribution in [3.63, 3.8) is 0 Å². The fourth-order valence-corrected chi connectivity index (χ4v) is 4.63. The number of rotatable bonds is 6. The second-order valence-electron chi connectivity index (χ2n) is 6.86. The molecule has 4 rings (SSSR count). The highest BCUT2D eigenvalue weighted by Gasteiger charge is 2.29. The lowest BCUT2D eigenvalue weighted by Gasteiger charge is -2.10. The summed E-state index contributed by atoms with van der Waals surface area (Å²) in [5.41, 5.74) is -0.556. The molecule has 9 heteroatoms. The molecule has 0 fully saturated rings. The van der Waals surface area contributed by atoms with Crippen LogP contribution in [0.2, 0.25) is 0 Å². The number of nitrogens with zero attached hydrogens (tertiary/aromatic N) is 2. The Morgan fingerprint density at radius 2 is 1.61 bits per heavy atom. The van der Waals surface area contributed by atoms with Gasteiger partial charge < -0.3 is 26.3 Å². The summed E-state index contributed by atoms with van der Waals surface area (Å²) in [6.07, 6.45) is 0. The van der Waals surface area contributed by atoms with Gasteiger partial charge in [-0.2, -0.15) is 13.2 Å². The van der Waals surface area contributed by atoms with E-state index in [9.17, 15) is 13.2 Å². The molecular formula is C24H19BrF3N2OS2-. The number of benzene rings is 3. The zero-order chi connectivity index (χ0) is 22.6. The van der Waals surface area contributed by atoms with Gasteiger partial charge in [0, 0.05) is 10.3 Å². The van der Waals surface area contributed by atoms with E-state index in [1.165, 1.54) is 23.5 Å². The smallest absolute Gasteiger partial charge is 0.446 e. The summed E-state index contributed by atoms with van der Waals surface area (Å²) in [5.74, 6) is 0.778. The maximum absolute atomic E-state index is 12.6. The van der Waals surface area contributed by atoms with Crippen molar-refractivity contribution in [2.24, 2.45) is 4.99 Å². The SMILES string of the molecule is COc1ccc(-c2csc(=Nc3ccc(SC(F)(F)F)cc3)n2Cc2ccccc2)cc1.[Br-]. The average molecular weight is 552 g/mol. The van der Waals surface area contributed by atoms with Crippen LogP contribution in [-0.4, -0.2) is 17.2 Å². The predicted octanol–water partition coefficient (Wildman–Crippen LogP) is 4.12. The van der Waals surface area contributed by atoms with E-state index >= 15 is 0 Å². The van der Waals surface area contributed by atoms with Crippen LogP contribution >= 0.6 is 23.1 Å². The summed E-state index contributed by atoms with van der Waals surface area (Å²) in [4.78, 5) is 5.62. The van der Waals surface area contributed by atoms with Gasteiger partial charge in [0.15, 0.2) is 4.80 Å². The minimum Gasteiger partial charge on any atom is -1.00 e. The van der Waals surface area contributed by atoms with Crippen LogP contribution in [-0.2, 0) is 6.54 Å². The molecule has 0 aliphatic carbocycles. The van der Waals surface area contributed by atoms with Crippen LogP contribution in [0.1, 0.15) is 5.56 Å². The molecule has 0 aliphatic rings. The third-order valence-corrected chi connectivity index (χ3v) is 6.26. The second kappa shape index (κ2) is 11.1. The molecule has 0 amide bonds. The van der Waals surface area contributed by atoms with Gasteiger partial charge in [-0.25, -0.2) is 4.99 Å². The topological polar surface area (TPSA) is 26.5 Å². The number of methoxy groups -OCH3 is 1. The van der Waals surface area contributed by atoms with Crippen molar-refractivity contribution in [3.05, 3.63) is 94.6 Å². The van der Waals surface area contributed by atoms with Crippen molar-refractivity contribution in [1.29, 1.82) is 0 Å². The molecule has 33 heavy (non-hydrogen) atoms. The van der Waals surface area contributed by atoms with Crippen LogP contribution in [0.4, 0.5) is 18.9 Å². The van der Waals surface area contributed by atoms with Crippen LogP contribution < -0.4 is 26.5 Å². The number of thioether (sulfide) groups is 1. The van der Waals surface area contributed by atoms with Crippen LogP contribution in [0.25, 0.3) is 11.3 Å². The number of halogens is 4. The van der Waals surface area contributed by atoms with Gasteiger partial charge in [-0.3, -0.25) is 0 Å². The van der Waals surface area contributed by atoms with Crippen LogP contribution in [0, 0.1) is 0 Å². The fraction of sp³-hybridized carbons (Fsp3) is 0.125. The predicted molar refractivity (Wildman–Crippen MR) is 123 cm³/mol. The summed E-state index contributed by atoms with van der Waals surface area (Å²) in [6, 6.07) is 24.0. The molecule has 0 bridgehead atoms. The van der Waals surface area contributed by atoms with E-state index in [2.05, 4.69) is 16.7 Å². The lowest BCUT2D eigenvalue weighted by molar-refractivity contribution is -0.0328. The van der Waals surface area contributed by atoms with Gasteiger partial charge in [0.2, 0.25) is 0 Å². The maximum Gasteiger partial charge on any atom is 0.446 e.